The first kappa shape index (κ1) is 10.2. The summed E-state index contributed by atoms with van der Waals surface area (Å²) in [5.41, 5.74) is 9.93. The van der Waals surface area contributed by atoms with E-state index in [1.165, 1.54) is 5.56 Å². The van der Waals surface area contributed by atoms with Crippen LogP contribution in [0, 0.1) is 13.8 Å². The lowest BCUT2D eigenvalue weighted by Gasteiger charge is -2.25. The molecule has 16 heavy (non-hydrogen) atoms. The topological polar surface area (TPSA) is 46.2 Å². The molecule has 1 aromatic carbocycles. The summed E-state index contributed by atoms with van der Waals surface area (Å²) in [6.45, 7) is 4.14. The van der Waals surface area contributed by atoms with E-state index in [0.29, 0.717) is 5.75 Å². The Morgan fingerprint density at radius 2 is 1.62 bits per heavy atom. The standard InChI is InChI=1S/C14H19NO/c1-9-7-11(12(16)8-10(9)2)13(3-4-13)14(15)5-6-14/h7-8,16H,3-6,15H2,1-2H3. The van der Waals surface area contributed by atoms with E-state index in [0.717, 1.165) is 36.8 Å². The molecule has 0 amide bonds. The fourth-order valence-electron chi connectivity index (χ4n) is 2.96. The van der Waals surface area contributed by atoms with Gasteiger partial charge in [0.25, 0.3) is 0 Å². The molecule has 0 spiro atoms. The second kappa shape index (κ2) is 2.80. The molecule has 2 nitrogen and oxygen atoms in total. The Bertz CT molecular complexity index is 456. The van der Waals surface area contributed by atoms with Crippen LogP contribution in [-0.2, 0) is 5.41 Å². The highest BCUT2D eigenvalue weighted by molar-refractivity contribution is 5.51. The molecule has 2 heteroatoms. The van der Waals surface area contributed by atoms with Gasteiger partial charge in [0.15, 0.2) is 0 Å². The number of hydrogen-bond acceptors (Lipinski definition) is 2. The van der Waals surface area contributed by atoms with Crippen molar-refractivity contribution in [2.24, 2.45) is 5.73 Å². The lowest BCUT2D eigenvalue weighted by atomic mass is 9.84. The molecule has 2 saturated carbocycles. The number of aromatic hydroxyl groups is 1. The van der Waals surface area contributed by atoms with E-state index in [4.69, 9.17) is 5.73 Å². The van der Waals surface area contributed by atoms with Crippen LogP contribution in [0.5, 0.6) is 5.75 Å². The maximum atomic E-state index is 10.1. The molecule has 0 unspecified atom stereocenters. The van der Waals surface area contributed by atoms with Gasteiger partial charge in [-0.1, -0.05) is 6.07 Å². The fourth-order valence-corrected chi connectivity index (χ4v) is 2.96. The first-order valence-electron chi connectivity index (χ1n) is 6.08. The summed E-state index contributed by atoms with van der Waals surface area (Å²) in [7, 11) is 0. The van der Waals surface area contributed by atoms with Gasteiger partial charge in [0.1, 0.15) is 5.75 Å². The van der Waals surface area contributed by atoms with Crippen LogP contribution in [0.15, 0.2) is 12.1 Å². The van der Waals surface area contributed by atoms with Crippen LogP contribution >= 0.6 is 0 Å². The van der Waals surface area contributed by atoms with Gasteiger partial charge in [-0.15, -0.1) is 0 Å². The highest BCUT2D eigenvalue weighted by Gasteiger charge is 2.64. The van der Waals surface area contributed by atoms with Gasteiger partial charge in [0, 0.05) is 16.5 Å². The molecule has 0 aromatic heterocycles. The molecule has 0 bridgehead atoms. The zero-order valence-electron chi connectivity index (χ0n) is 10.0. The number of aryl methyl sites for hydroxylation is 2. The van der Waals surface area contributed by atoms with E-state index >= 15 is 0 Å². The molecule has 0 radical (unpaired) electrons. The van der Waals surface area contributed by atoms with Crippen molar-refractivity contribution in [2.75, 3.05) is 0 Å². The van der Waals surface area contributed by atoms with Crippen molar-refractivity contribution < 1.29 is 5.11 Å². The molecule has 0 heterocycles. The SMILES string of the molecule is Cc1cc(O)c(C2(C3(N)CC3)CC2)cc1C. The van der Waals surface area contributed by atoms with Gasteiger partial charge in [0.2, 0.25) is 0 Å². The number of benzene rings is 1. The van der Waals surface area contributed by atoms with Gasteiger partial charge < -0.3 is 10.8 Å². The monoisotopic (exact) mass is 217 g/mol. The Morgan fingerprint density at radius 1 is 1.06 bits per heavy atom. The zero-order valence-corrected chi connectivity index (χ0v) is 10.0. The Labute approximate surface area is 96.5 Å². The van der Waals surface area contributed by atoms with Crippen molar-refractivity contribution in [3.63, 3.8) is 0 Å². The second-order valence-corrected chi connectivity index (χ2v) is 5.69. The molecule has 2 aliphatic rings. The third-order valence-electron chi connectivity index (χ3n) is 4.62. The summed E-state index contributed by atoms with van der Waals surface area (Å²) in [5, 5.41) is 10.1. The average molecular weight is 217 g/mol. The lowest BCUT2D eigenvalue weighted by molar-refractivity contribution is 0.433. The smallest absolute Gasteiger partial charge is 0.119 e. The van der Waals surface area contributed by atoms with Gasteiger partial charge in [-0.3, -0.25) is 0 Å². The molecule has 86 valence electrons. The summed E-state index contributed by atoms with van der Waals surface area (Å²) < 4.78 is 0. The van der Waals surface area contributed by atoms with E-state index in [1.54, 1.807) is 0 Å². The van der Waals surface area contributed by atoms with Crippen molar-refractivity contribution in [3.8, 4) is 5.75 Å². The molecule has 3 rings (SSSR count). The average Bonchev–Trinajstić information content (AvgIpc) is 3.07. The molecular formula is C14H19NO. The van der Waals surface area contributed by atoms with Crippen LogP contribution in [0.3, 0.4) is 0 Å². The van der Waals surface area contributed by atoms with Crippen LogP contribution in [0.4, 0.5) is 0 Å². The third-order valence-corrected chi connectivity index (χ3v) is 4.62. The van der Waals surface area contributed by atoms with Crippen molar-refractivity contribution in [3.05, 3.63) is 28.8 Å². The first-order valence-corrected chi connectivity index (χ1v) is 6.08. The van der Waals surface area contributed by atoms with Crippen LogP contribution < -0.4 is 5.73 Å². The van der Waals surface area contributed by atoms with E-state index in [-0.39, 0.29) is 11.0 Å². The highest BCUT2D eigenvalue weighted by Crippen LogP contribution is 2.65. The van der Waals surface area contributed by atoms with Gasteiger partial charge in [-0.2, -0.15) is 0 Å². The van der Waals surface area contributed by atoms with Crippen molar-refractivity contribution >= 4 is 0 Å². The van der Waals surface area contributed by atoms with Gasteiger partial charge in [-0.05, 0) is 56.7 Å². The van der Waals surface area contributed by atoms with Crippen LogP contribution in [0.1, 0.15) is 42.4 Å². The summed E-state index contributed by atoms with van der Waals surface area (Å²) in [5.74, 6) is 0.442. The molecule has 2 fully saturated rings. The minimum atomic E-state index is -0.0216. The quantitative estimate of drug-likeness (QED) is 0.799. The second-order valence-electron chi connectivity index (χ2n) is 5.69. The predicted molar refractivity (Wildman–Crippen MR) is 64.6 cm³/mol. The Morgan fingerprint density at radius 3 is 2.12 bits per heavy atom. The molecule has 2 aliphatic carbocycles. The van der Waals surface area contributed by atoms with Crippen LogP contribution in [-0.4, -0.2) is 10.6 Å². The largest absolute Gasteiger partial charge is 0.508 e. The predicted octanol–water partition coefficient (Wildman–Crippen LogP) is 2.53. The Hall–Kier alpha value is -1.02. The minimum Gasteiger partial charge on any atom is -0.508 e. The van der Waals surface area contributed by atoms with E-state index < -0.39 is 0 Å². The molecule has 1 aromatic rings. The van der Waals surface area contributed by atoms with Crippen molar-refractivity contribution in [1.82, 2.24) is 0 Å². The number of phenolic OH excluding ortho intramolecular Hbond substituents is 1. The minimum absolute atomic E-state index is 0.0216. The molecule has 0 aliphatic heterocycles. The van der Waals surface area contributed by atoms with E-state index in [1.807, 2.05) is 13.0 Å². The Balaban J connectivity index is 2.10. The Kier molecular flexibility index (Phi) is 1.78. The molecule has 3 N–H and O–H groups in total. The summed E-state index contributed by atoms with van der Waals surface area (Å²) >= 11 is 0. The fraction of sp³-hybridized carbons (Fsp3) is 0.571. The summed E-state index contributed by atoms with van der Waals surface area (Å²) in [6.07, 6.45) is 4.50. The molecule has 0 saturated heterocycles. The number of rotatable bonds is 2. The highest BCUT2D eigenvalue weighted by atomic mass is 16.3. The summed E-state index contributed by atoms with van der Waals surface area (Å²) in [4.78, 5) is 0. The van der Waals surface area contributed by atoms with E-state index in [2.05, 4.69) is 13.0 Å². The molecule has 0 atom stereocenters. The lowest BCUT2D eigenvalue weighted by Crippen LogP contribution is -2.37. The first-order chi connectivity index (χ1) is 7.48. The summed E-state index contributed by atoms with van der Waals surface area (Å²) in [6, 6.07) is 4.03. The van der Waals surface area contributed by atoms with Gasteiger partial charge in [-0.25, -0.2) is 0 Å². The third kappa shape index (κ3) is 1.17. The van der Waals surface area contributed by atoms with Crippen LogP contribution in [0.2, 0.25) is 0 Å². The van der Waals surface area contributed by atoms with Crippen molar-refractivity contribution in [1.29, 1.82) is 0 Å². The molecular weight excluding hydrogens is 198 g/mol. The van der Waals surface area contributed by atoms with Gasteiger partial charge in [0.05, 0.1) is 0 Å². The zero-order chi connectivity index (χ0) is 11.6. The normalized spacial score (nSPS) is 24.2. The van der Waals surface area contributed by atoms with Crippen LogP contribution in [0.25, 0.3) is 0 Å². The maximum absolute atomic E-state index is 10.1. The van der Waals surface area contributed by atoms with Gasteiger partial charge >= 0.3 is 0 Å². The number of hydrogen-bond donors (Lipinski definition) is 2. The number of nitrogens with two attached hydrogens (primary N) is 1. The number of phenols is 1. The van der Waals surface area contributed by atoms with E-state index in [9.17, 15) is 5.11 Å². The maximum Gasteiger partial charge on any atom is 0.119 e. The van der Waals surface area contributed by atoms with Crippen molar-refractivity contribution in [2.45, 2.75) is 50.5 Å².